The maximum absolute atomic E-state index is 5.45. The Morgan fingerprint density at radius 3 is 2.90 bits per heavy atom. The van der Waals surface area contributed by atoms with Gasteiger partial charge in [0, 0.05) is 30.8 Å². The standard InChI is InChI=1S/C18H24N2O/c1-3-13-20-15-16(17-9-4-5-10-18(17)20)8-6-7-11-19-12-14-21-2/h1,4-5,9-10,15,19H,6-8,11-14H2,2H3. The predicted molar refractivity (Wildman–Crippen MR) is 88.5 cm³/mol. The van der Waals surface area contributed by atoms with Crippen molar-refractivity contribution in [1.82, 2.24) is 9.88 Å². The van der Waals surface area contributed by atoms with Crippen LogP contribution in [0.1, 0.15) is 18.4 Å². The zero-order valence-electron chi connectivity index (χ0n) is 12.8. The van der Waals surface area contributed by atoms with E-state index >= 15 is 0 Å². The molecule has 3 nitrogen and oxygen atoms in total. The summed E-state index contributed by atoms with van der Waals surface area (Å²) < 4.78 is 7.18. The van der Waals surface area contributed by atoms with E-state index in [2.05, 4.69) is 46.3 Å². The first-order chi connectivity index (χ1) is 10.4. The van der Waals surface area contributed by atoms with E-state index in [0.29, 0.717) is 6.54 Å². The minimum atomic E-state index is 0.638. The number of hydrogen-bond donors (Lipinski definition) is 1. The molecule has 0 aliphatic heterocycles. The molecule has 1 aromatic heterocycles. The molecular formula is C18H24N2O. The third-order valence-corrected chi connectivity index (χ3v) is 3.67. The van der Waals surface area contributed by atoms with Gasteiger partial charge in [0.25, 0.3) is 0 Å². The lowest BCUT2D eigenvalue weighted by molar-refractivity contribution is 0.199. The third kappa shape index (κ3) is 4.35. The summed E-state index contributed by atoms with van der Waals surface area (Å²) >= 11 is 0. The highest BCUT2D eigenvalue weighted by Crippen LogP contribution is 2.22. The fourth-order valence-electron chi connectivity index (χ4n) is 2.62. The second kappa shape index (κ2) is 8.51. The van der Waals surface area contributed by atoms with Gasteiger partial charge in [-0.1, -0.05) is 24.1 Å². The van der Waals surface area contributed by atoms with Crippen LogP contribution in [0.3, 0.4) is 0 Å². The molecule has 0 amide bonds. The second-order valence-corrected chi connectivity index (χ2v) is 5.20. The van der Waals surface area contributed by atoms with Crippen molar-refractivity contribution < 1.29 is 4.74 Å². The zero-order valence-corrected chi connectivity index (χ0v) is 12.8. The van der Waals surface area contributed by atoms with Gasteiger partial charge in [-0.25, -0.2) is 0 Å². The molecular weight excluding hydrogens is 260 g/mol. The molecule has 0 fully saturated rings. The van der Waals surface area contributed by atoms with Crippen LogP contribution in [0, 0.1) is 12.3 Å². The Morgan fingerprint density at radius 1 is 1.24 bits per heavy atom. The largest absolute Gasteiger partial charge is 0.383 e. The van der Waals surface area contributed by atoms with Crippen molar-refractivity contribution in [2.24, 2.45) is 0 Å². The number of rotatable bonds is 9. The van der Waals surface area contributed by atoms with E-state index in [-0.39, 0.29) is 0 Å². The molecule has 0 radical (unpaired) electrons. The minimum absolute atomic E-state index is 0.638. The van der Waals surface area contributed by atoms with Crippen molar-refractivity contribution in [2.45, 2.75) is 25.8 Å². The normalized spacial score (nSPS) is 10.9. The molecule has 1 heterocycles. The Bertz CT molecular complexity index is 595. The molecule has 0 aliphatic rings. The van der Waals surface area contributed by atoms with Crippen LogP contribution < -0.4 is 5.32 Å². The number of aromatic nitrogens is 1. The maximum atomic E-state index is 5.45. The Balaban J connectivity index is 1.89. The number of fused-ring (bicyclic) bond motifs is 1. The van der Waals surface area contributed by atoms with Gasteiger partial charge in [0.15, 0.2) is 0 Å². The molecule has 1 aromatic carbocycles. The summed E-state index contributed by atoms with van der Waals surface area (Å²) in [5.74, 6) is 2.73. The van der Waals surface area contributed by atoms with Crippen LogP contribution in [0.25, 0.3) is 10.9 Å². The molecule has 2 aromatic rings. The van der Waals surface area contributed by atoms with Crippen LogP contribution in [0.2, 0.25) is 0 Å². The van der Waals surface area contributed by atoms with Crippen LogP contribution >= 0.6 is 0 Å². The highest BCUT2D eigenvalue weighted by molar-refractivity contribution is 5.84. The highest BCUT2D eigenvalue weighted by atomic mass is 16.5. The summed E-state index contributed by atoms with van der Waals surface area (Å²) in [5.41, 5.74) is 2.64. The molecule has 0 unspecified atom stereocenters. The third-order valence-electron chi connectivity index (χ3n) is 3.67. The van der Waals surface area contributed by atoms with Crippen molar-refractivity contribution in [3.8, 4) is 12.3 Å². The Morgan fingerprint density at radius 2 is 2.10 bits per heavy atom. The summed E-state index contributed by atoms with van der Waals surface area (Å²) in [6, 6.07) is 8.49. The minimum Gasteiger partial charge on any atom is -0.383 e. The van der Waals surface area contributed by atoms with Gasteiger partial charge in [-0.05, 0) is 37.4 Å². The van der Waals surface area contributed by atoms with Crippen molar-refractivity contribution in [2.75, 3.05) is 26.8 Å². The van der Waals surface area contributed by atoms with E-state index in [4.69, 9.17) is 11.2 Å². The number of nitrogens with one attached hydrogen (secondary N) is 1. The second-order valence-electron chi connectivity index (χ2n) is 5.20. The van der Waals surface area contributed by atoms with Crippen molar-refractivity contribution in [1.29, 1.82) is 0 Å². The number of nitrogens with zero attached hydrogens (tertiary/aromatic N) is 1. The van der Waals surface area contributed by atoms with Gasteiger partial charge in [0.05, 0.1) is 13.2 Å². The van der Waals surface area contributed by atoms with Crippen LogP contribution in [0.15, 0.2) is 30.5 Å². The number of benzene rings is 1. The van der Waals surface area contributed by atoms with Crippen LogP contribution in [0.4, 0.5) is 0 Å². The van der Waals surface area contributed by atoms with E-state index in [1.165, 1.54) is 29.3 Å². The predicted octanol–water partition coefficient (Wildman–Crippen LogP) is 2.83. The molecule has 21 heavy (non-hydrogen) atoms. The molecule has 0 saturated carbocycles. The quantitative estimate of drug-likeness (QED) is 0.566. The summed E-state index contributed by atoms with van der Waals surface area (Å²) in [5, 5.41) is 4.71. The van der Waals surface area contributed by atoms with Crippen LogP contribution in [-0.4, -0.2) is 31.4 Å². The van der Waals surface area contributed by atoms with Gasteiger partial charge in [0.1, 0.15) is 0 Å². The number of ether oxygens (including phenoxy) is 1. The van der Waals surface area contributed by atoms with Gasteiger partial charge >= 0.3 is 0 Å². The summed E-state index contributed by atoms with van der Waals surface area (Å²) in [4.78, 5) is 0. The van der Waals surface area contributed by atoms with Gasteiger partial charge < -0.3 is 14.6 Å². The van der Waals surface area contributed by atoms with E-state index < -0.39 is 0 Å². The lowest BCUT2D eigenvalue weighted by Gasteiger charge is -2.03. The zero-order chi connectivity index (χ0) is 14.9. The number of para-hydroxylation sites is 1. The number of aryl methyl sites for hydroxylation is 1. The van der Waals surface area contributed by atoms with Crippen molar-refractivity contribution in [3.05, 3.63) is 36.0 Å². The SMILES string of the molecule is C#CCn1cc(CCCCNCCOC)c2ccccc21. The number of terminal acetylenes is 1. The Kier molecular flexibility index (Phi) is 6.33. The van der Waals surface area contributed by atoms with E-state index in [1.54, 1.807) is 7.11 Å². The molecule has 0 aliphatic carbocycles. The van der Waals surface area contributed by atoms with E-state index in [1.807, 2.05) is 0 Å². The maximum Gasteiger partial charge on any atom is 0.0835 e. The fourth-order valence-corrected chi connectivity index (χ4v) is 2.62. The lowest BCUT2D eigenvalue weighted by atomic mass is 10.1. The van der Waals surface area contributed by atoms with Gasteiger partial charge in [-0.15, -0.1) is 6.42 Å². The molecule has 112 valence electrons. The monoisotopic (exact) mass is 284 g/mol. The van der Waals surface area contributed by atoms with Gasteiger partial charge in [0.2, 0.25) is 0 Å². The van der Waals surface area contributed by atoms with Gasteiger partial charge in [-0.2, -0.15) is 0 Å². The van der Waals surface area contributed by atoms with E-state index in [0.717, 1.165) is 26.1 Å². The molecule has 0 saturated heterocycles. The van der Waals surface area contributed by atoms with E-state index in [9.17, 15) is 0 Å². The van der Waals surface area contributed by atoms with Crippen LogP contribution in [-0.2, 0) is 17.7 Å². The lowest BCUT2D eigenvalue weighted by Crippen LogP contribution is -2.20. The van der Waals surface area contributed by atoms with Gasteiger partial charge in [-0.3, -0.25) is 0 Å². The first-order valence-corrected chi connectivity index (χ1v) is 7.56. The number of methoxy groups -OCH3 is 1. The molecule has 2 rings (SSSR count). The first kappa shape index (κ1) is 15.6. The Labute approximate surface area is 127 Å². The molecule has 1 N–H and O–H groups in total. The summed E-state index contributed by atoms with van der Waals surface area (Å²) in [6.07, 6.45) is 11.1. The summed E-state index contributed by atoms with van der Waals surface area (Å²) in [6.45, 7) is 3.39. The average molecular weight is 284 g/mol. The number of hydrogen-bond acceptors (Lipinski definition) is 2. The topological polar surface area (TPSA) is 26.2 Å². The number of unbranched alkanes of at least 4 members (excludes halogenated alkanes) is 1. The molecule has 0 atom stereocenters. The first-order valence-electron chi connectivity index (χ1n) is 7.56. The Hall–Kier alpha value is -1.76. The van der Waals surface area contributed by atoms with Crippen molar-refractivity contribution >= 4 is 10.9 Å². The molecule has 0 spiro atoms. The molecule has 3 heteroatoms. The highest BCUT2D eigenvalue weighted by Gasteiger charge is 2.06. The smallest absolute Gasteiger partial charge is 0.0835 e. The van der Waals surface area contributed by atoms with Crippen molar-refractivity contribution in [3.63, 3.8) is 0 Å². The van der Waals surface area contributed by atoms with Crippen LogP contribution in [0.5, 0.6) is 0 Å². The average Bonchev–Trinajstić information content (AvgIpc) is 2.85. The molecule has 0 bridgehead atoms. The fraction of sp³-hybridized carbons (Fsp3) is 0.444. The summed E-state index contributed by atoms with van der Waals surface area (Å²) in [7, 11) is 1.73.